The van der Waals surface area contributed by atoms with E-state index in [1.54, 1.807) is 10.9 Å². The minimum Gasteiger partial charge on any atom is -0.345 e. The summed E-state index contributed by atoms with van der Waals surface area (Å²) in [6.45, 7) is 6.00. The first kappa shape index (κ1) is 20.9. The quantitative estimate of drug-likeness (QED) is 0.868. The van der Waals surface area contributed by atoms with E-state index in [9.17, 15) is 4.79 Å². The van der Waals surface area contributed by atoms with Gasteiger partial charge in [0.1, 0.15) is 9.88 Å². The Morgan fingerprint density at radius 1 is 1.45 bits per heavy atom. The SMILES string of the molecule is Cc1nc(-c2cnn(C)c2)sc1C(=O)NC(C)(C)CN.Cl.Cl. The van der Waals surface area contributed by atoms with Crippen molar-refractivity contribution in [2.45, 2.75) is 26.3 Å². The van der Waals surface area contributed by atoms with E-state index in [1.807, 2.05) is 34.0 Å². The Bertz CT molecular complexity index is 638. The smallest absolute Gasteiger partial charge is 0.263 e. The summed E-state index contributed by atoms with van der Waals surface area (Å²) in [6, 6.07) is 0. The number of nitrogens with zero attached hydrogens (tertiary/aromatic N) is 3. The summed E-state index contributed by atoms with van der Waals surface area (Å²) in [6.07, 6.45) is 3.62. The van der Waals surface area contributed by atoms with Crippen molar-refractivity contribution < 1.29 is 4.79 Å². The molecular formula is C13H21Cl2N5OS. The summed E-state index contributed by atoms with van der Waals surface area (Å²) in [5.41, 5.74) is 6.84. The van der Waals surface area contributed by atoms with Gasteiger partial charge in [-0.2, -0.15) is 5.10 Å². The lowest BCUT2D eigenvalue weighted by Gasteiger charge is -2.23. The Morgan fingerprint density at radius 2 is 2.09 bits per heavy atom. The molecule has 3 N–H and O–H groups in total. The third kappa shape index (κ3) is 4.67. The van der Waals surface area contributed by atoms with Gasteiger partial charge in [-0.05, 0) is 20.8 Å². The van der Waals surface area contributed by atoms with Crippen molar-refractivity contribution in [3.8, 4) is 10.6 Å². The molecule has 2 aromatic rings. The van der Waals surface area contributed by atoms with Crippen LogP contribution in [0.4, 0.5) is 0 Å². The molecule has 6 nitrogen and oxygen atoms in total. The number of carbonyl (C=O) groups excluding carboxylic acids is 1. The number of thiazole rings is 1. The Hall–Kier alpha value is -1.15. The van der Waals surface area contributed by atoms with E-state index in [4.69, 9.17) is 5.73 Å². The average molecular weight is 366 g/mol. The Balaban J connectivity index is 0.00000220. The number of aryl methyl sites for hydroxylation is 2. The minimum atomic E-state index is -0.429. The number of carbonyl (C=O) groups is 1. The van der Waals surface area contributed by atoms with E-state index in [-0.39, 0.29) is 30.7 Å². The average Bonchev–Trinajstić information content (AvgIpc) is 2.95. The number of amides is 1. The first-order valence-corrected chi connectivity index (χ1v) is 7.13. The molecule has 2 rings (SSSR count). The molecule has 22 heavy (non-hydrogen) atoms. The van der Waals surface area contributed by atoms with Gasteiger partial charge in [-0.3, -0.25) is 9.48 Å². The molecule has 2 aromatic heterocycles. The zero-order valence-corrected chi connectivity index (χ0v) is 15.4. The molecule has 0 aliphatic rings. The highest BCUT2D eigenvalue weighted by molar-refractivity contribution is 7.17. The van der Waals surface area contributed by atoms with Crippen molar-refractivity contribution in [2.75, 3.05) is 6.54 Å². The molecule has 0 saturated heterocycles. The number of halogens is 2. The minimum absolute atomic E-state index is 0. The maximum atomic E-state index is 12.3. The van der Waals surface area contributed by atoms with Crippen molar-refractivity contribution in [3.63, 3.8) is 0 Å². The van der Waals surface area contributed by atoms with E-state index in [2.05, 4.69) is 15.4 Å². The largest absolute Gasteiger partial charge is 0.345 e. The Kier molecular flexibility index (Phi) is 7.50. The fraction of sp³-hybridized carbons (Fsp3) is 0.462. The Morgan fingerprint density at radius 3 is 2.59 bits per heavy atom. The molecule has 124 valence electrons. The molecular weight excluding hydrogens is 345 g/mol. The van der Waals surface area contributed by atoms with E-state index in [0.29, 0.717) is 11.4 Å². The van der Waals surface area contributed by atoms with Crippen LogP contribution in [-0.4, -0.2) is 32.8 Å². The second-order valence-corrected chi connectivity index (χ2v) is 6.38. The highest BCUT2D eigenvalue weighted by Crippen LogP contribution is 2.27. The molecule has 0 aliphatic heterocycles. The van der Waals surface area contributed by atoms with Crippen LogP contribution >= 0.6 is 36.2 Å². The number of nitrogens with two attached hydrogens (primary N) is 1. The lowest BCUT2D eigenvalue weighted by atomic mass is 10.1. The van der Waals surface area contributed by atoms with Crippen molar-refractivity contribution >= 4 is 42.1 Å². The number of aromatic nitrogens is 3. The van der Waals surface area contributed by atoms with Crippen LogP contribution < -0.4 is 11.1 Å². The van der Waals surface area contributed by atoms with Crippen LogP contribution in [0.3, 0.4) is 0 Å². The van der Waals surface area contributed by atoms with Gasteiger partial charge in [-0.25, -0.2) is 4.98 Å². The second kappa shape index (κ2) is 7.92. The molecule has 0 aliphatic carbocycles. The normalized spacial score (nSPS) is 10.6. The van der Waals surface area contributed by atoms with E-state index in [1.165, 1.54) is 11.3 Å². The fourth-order valence-electron chi connectivity index (χ4n) is 1.68. The third-order valence-electron chi connectivity index (χ3n) is 2.92. The molecule has 0 radical (unpaired) electrons. The molecule has 1 amide bonds. The predicted octanol–water partition coefficient (Wildman–Crippen LogP) is 2.16. The standard InChI is InChI=1S/C13H19N5OS.2ClH/c1-8-10(11(19)17-13(2,3)7-14)20-12(16-8)9-5-15-18(4)6-9;;/h5-6H,7,14H2,1-4H3,(H,17,19);2*1H. The maximum Gasteiger partial charge on any atom is 0.263 e. The zero-order valence-electron chi connectivity index (χ0n) is 12.9. The molecule has 0 spiro atoms. The molecule has 0 bridgehead atoms. The topological polar surface area (TPSA) is 85.8 Å². The van der Waals surface area contributed by atoms with Gasteiger partial charge in [0.2, 0.25) is 0 Å². The van der Waals surface area contributed by atoms with Gasteiger partial charge in [0.05, 0.1) is 11.9 Å². The van der Waals surface area contributed by atoms with Crippen LogP contribution in [0.1, 0.15) is 29.2 Å². The summed E-state index contributed by atoms with van der Waals surface area (Å²) in [5, 5.41) is 7.83. The van der Waals surface area contributed by atoms with Crippen molar-refractivity contribution in [1.82, 2.24) is 20.1 Å². The summed E-state index contributed by atoms with van der Waals surface area (Å²) in [7, 11) is 1.85. The number of hydrogen-bond donors (Lipinski definition) is 2. The van der Waals surface area contributed by atoms with Gasteiger partial charge in [0.15, 0.2) is 0 Å². The number of nitrogens with one attached hydrogen (secondary N) is 1. The molecule has 0 unspecified atom stereocenters. The van der Waals surface area contributed by atoms with E-state index < -0.39 is 5.54 Å². The van der Waals surface area contributed by atoms with Crippen LogP contribution in [-0.2, 0) is 7.05 Å². The lowest BCUT2D eigenvalue weighted by molar-refractivity contribution is 0.0919. The third-order valence-corrected chi connectivity index (χ3v) is 4.12. The van der Waals surface area contributed by atoms with Crippen LogP contribution in [0.5, 0.6) is 0 Å². The maximum absolute atomic E-state index is 12.3. The molecule has 0 aromatic carbocycles. The molecule has 0 saturated carbocycles. The van der Waals surface area contributed by atoms with Crippen LogP contribution in [0.15, 0.2) is 12.4 Å². The lowest BCUT2D eigenvalue weighted by Crippen LogP contribution is -2.48. The van der Waals surface area contributed by atoms with Gasteiger partial charge in [-0.1, -0.05) is 0 Å². The van der Waals surface area contributed by atoms with Crippen molar-refractivity contribution in [2.24, 2.45) is 12.8 Å². The molecule has 0 fully saturated rings. The van der Waals surface area contributed by atoms with Gasteiger partial charge >= 0.3 is 0 Å². The summed E-state index contributed by atoms with van der Waals surface area (Å²) >= 11 is 1.37. The molecule has 2 heterocycles. The van der Waals surface area contributed by atoms with Crippen LogP contribution in [0.25, 0.3) is 10.6 Å². The molecule has 9 heteroatoms. The zero-order chi connectivity index (χ0) is 14.9. The highest BCUT2D eigenvalue weighted by atomic mass is 35.5. The first-order chi connectivity index (χ1) is 9.32. The van der Waals surface area contributed by atoms with Gasteiger partial charge in [0, 0.05) is 30.9 Å². The monoisotopic (exact) mass is 365 g/mol. The highest BCUT2D eigenvalue weighted by Gasteiger charge is 2.23. The fourth-order valence-corrected chi connectivity index (χ4v) is 2.61. The predicted molar refractivity (Wildman–Crippen MR) is 94.1 cm³/mol. The van der Waals surface area contributed by atoms with Crippen LogP contribution in [0, 0.1) is 6.92 Å². The summed E-state index contributed by atoms with van der Waals surface area (Å²) in [4.78, 5) is 17.3. The van der Waals surface area contributed by atoms with Gasteiger partial charge in [-0.15, -0.1) is 36.2 Å². The summed E-state index contributed by atoms with van der Waals surface area (Å²) in [5.74, 6) is -0.134. The second-order valence-electron chi connectivity index (χ2n) is 5.38. The number of hydrogen-bond acceptors (Lipinski definition) is 5. The van der Waals surface area contributed by atoms with Gasteiger partial charge < -0.3 is 11.1 Å². The van der Waals surface area contributed by atoms with E-state index in [0.717, 1.165) is 16.3 Å². The van der Waals surface area contributed by atoms with Gasteiger partial charge in [0.25, 0.3) is 5.91 Å². The Labute approximate surface area is 146 Å². The number of rotatable bonds is 4. The van der Waals surface area contributed by atoms with Crippen molar-refractivity contribution in [1.29, 1.82) is 0 Å². The van der Waals surface area contributed by atoms with Crippen LogP contribution in [0.2, 0.25) is 0 Å². The van der Waals surface area contributed by atoms with Crippen molar-refractivity contribution in [3.05, 3.63) is 23.0 Å². The van der Waals surface area contributed by atoms with E-state index >= 15 is 0 Å². The summed E-state index contributed by atoms with van der Waals surface area (Å²) < 4.78 is 1.71. The first-order valence-electron chi connectivity index (χ1n) is 6.31. The molecule has 0 atom stereocenters.